The summed E-state index contributed by atoms with van der Waals surface area (Å²) in [6.45, 7) is 0. The lowest BCUT2D eigenvalue weighted by Gasteiger charge is -2.13. The normalized spacial score (nSPS) is 10.7. The van der Waals surface area contributed by atoms with Crippen LogP contribution in [0.1, 0.15) is 0 Å². The van der Waals surface area contributed by atoms with Crippen LogP contribution in [0.2, 0.25) is 5.02 Å². The van der Waals surface area contributed by atoms with Gasteiger partial charge in [0.05, 0.1) is 39.0 Å². The summed E-state index contributed by atoms with van der Waals surface area (Å²) in [4.78, 5) is 7.81. The lowest BCUT2D eigenvalue weighted by atomic mass is 10.1. The number of methoxy groups -OCH3 is 4. The second-order valence-corrected chi connectivity index (χ2v) is 5.41. The van der Waals surface area contributed by atoms with E-state index in [1.54, 1.807) is 34.5 Å². The van der Waals surface area contributed by atoms with Crippen molar-refractivity contribution in [3.63, 3.8) is 0 Å². The number of imidazole rings is 1. The van der Waals surface area contributed by atoms with E-state index >= 15 is 0 Å². The fraction of sp³-hybridized carbons (Fsp3) is 0.235. The van der Waals surface area contributed by atoms with Crippen LogP contribution in [-0.4, -0.2) is 38.4 Å². The first kappa shape index (κ1) is 16.3. The quantitative estimate of drug-likeness (QED) is 0.757. The molecule has 0 fully saturated rings. The Hall–Kier alpha value is -2.60. The summed E-state index contributed by atoms with van der Waals surface area (Å²) in [5.74, 6) is 2.93. The molecule has 0 radical (unpaired) electrons. The Bertz CT molecular complexity index is 867. The Balaban J connectivity index is 2.18. The van der Waals surface area contributed by atoms with E-state index in [0.29, 0.717) is 39.4 Å². The van der Waals surface area contributed by atoms with Crippen molar-refractivity contribution in [1.29, 1.82) is 0 Å². The summed E-state index contributed by atoms with van der Waals surface area (Å²) >= 11 is 6.27. The maximum absolute atomic E-state index is 6.27. The Kier molecular flexibility index (Phi) is 4.40. The average Bonchev–Trinajstić information content (AvgIpc) is 3.04. The van der Waals surface area contributed by atoms with Gasteiger partial charge in [0.15, 0.2) is 11.5 Å². The average molecular weight is 349 g/mol. The van der Waals surface area contributed by atoms with Gasteiger partial charge in [0.2, 0.25) is 5.75 Å². The van der Waals surface area contributed by atoms with Crippen LogP contribution in [0, 0.1) is 0 Å². The van der Waals surface area contributed by atoms with E-state index in [-0.39, 0.29) is 0 Å². The zero-order valence-electron chi connectivity index (χ0n) is 13.8. The summed E-state index contributed by atoms with van der Waals surface area (Å²) in [6.07, 6.45) is 0. The minimum atomic E-state index is 0.513. The van der Waals surface area contributed by atoms with Crippen LogP contribution in [-0.2, 0) is 0 Å². The lowest BCUT2D eigenvalue weighted by Crippen LogP contribution is -1.96. The fourth-order valence-corrected chi connectivity index (χ4v) is 2.77. The molecule has 0 saturated carbocycles. The highest BCUT2D eigenvalue weighted by Crippen LogP contribution is 2.41. The van der Waals surface area contributed by atoms with Gasteiger partial charge in [0.1, 0.15) is 17.1 Å². The van der Waals surface area contributed by atoms with Gasteiger partial charge in [-0.15, -0.1) is 0 Å². The molecule has 0 atom stereocenters. The number of ether oxygens (including phenoxy) is 4. The Morgan fingerprint density at radius 3 is 2.08 bits per heavy atom. The number of fused-ring (bicyclic) bond motifs is 1. The van der Waals surface area contributed by atoms with Crippen LogP contribution in [0.5, 0.6) is 23.0 Å². The van der Waals surface area contributed by atoms with Gasteiger partial charge >= 0.3 is 0 Å². The third-order valence-electron chi connectivity index (χ3n) is 3.69. The van der Waals surface area contributed by atoms with E-state index in [1.807, 2.05) is 18.2 Å². The monoisotopic (exact) mass is 348 g/mol. The molecule has 0 unspecified atom stereocenters. The van der Waals surface area contributed by atoms with Crippen LogP contribution >= 0.6 is 11.6 Å². The third kappa shape index (κ3) is 2.69. The topological polar surface area (TPSA) is 65.6 Å². The van der Waals surface area contributed by atoms with E-state index in [4.69, 9.17) is 30.5 Å². The van der Waals surface area contributed by atoms with Crippen molar-refractivity contribution in [3.05, 3.63) is 29.3 Å². The van der Waals surface area contributed by atoms with Crippen molar-refractivity contribution >= 4 is 22.6 Å². The molecule has 7 heteroatoms. The summed E-state index contributed by atoms with van der Waals surface area (Å²) in [6, 6.07) is 7.22. The molecule has 24 heavy (non-hydrogen) atoms. The van der Waals surface area contributed by atoms with Gasteiger partial charge in [0, 0.05) is 17.7 Å². The SMILES string of the molecule is COc1cc(Cl)c2nc(-c3cc(OC)c(OC)c(OC)c3)[nH]c2c1. The van der Waals surface area contributed by atoms with Crippen molar-refractivity contribution in [3.8, 4) is 34.4 Å². The summed E-state index contributed by atoms with van der Waals surface area (Å²) < 4.78 is 21.3. The third-order valence-corrected chi connectivity index (χ3v) is 3.98. The van der Waals surface area contributed by atoms with Crippen molar-refractivity contribution < 1.29 is 18.9 Å². The first-order valence-electron chi connectivity index (χ1n) is 7.15. The van der Waals surface area contributed by atoms with E-state index in [0.717, 1.165) is 11.1 Å². The van der Waals surface area contributed by atoms with Crippen molar-refractivity contribution in [1.82, 2.24) is 9.97 Å². The molecule has 0 bridgehead atoms. The number of benzene rings is 2. The Morgan fingerprint density at radius 2 is 1.54 bits per heavy atom. The highest BCUT2D eigenvalue weighted by Gasteiger charge is 2.17. The molecule has 0 aliphatic carbocycles. The number of nitrogens with one attached hydrogen (secondary N) is 1. The largest absolute Gasteiger partial charge is 0.497 e. The van der Waals surface area contributed by atoms with Crippen LogP contribution in [0.15, 0.2) is 24.3 Å². The van der Waals surface area contributed by atoms with Gasteiger partial charge in [-0.2, -0.15) is 0 Å². The molecule has 126 valence electrons. The van der Waals surface area contributed by atoms with E-state index < -0.39 is 0 Å². The number of H-pyrrole nitrogens is 1. The number of hydrogen-bond acceptors (Lipinski definition) is 5. The van der Waals surface area contributed by atoms with Gasteiger partial charge in [-0.3, -0.25) is 0 Å². The summed E-state index contributed by atoms with van der Waals surface area (Å²) in [5, 5.41) is 0.513. The Morgan fingerprint density at radius 1 is 0.875 bits per heavy atom. The maximum Gasteiger partial charge on any atom is 0.203 e. The molecular weight excluding hydrogens is 332 g/mol. The highest BCUT2D eigenvalue weighted by atomic mass is 35.5. The smallest absolute Gasteiger partial charge is 0.203 e. The number of hydrogen-bond donors (Lipinski definition) is 1. The molecule has 1 aromatic heterocycles. The first-order chi connectivity index (χ1) is 11.6. The molecule has 3 rings (SSSR count). The molecule has 1 N–H and O–H groups in total. The minimum Gasteiger partial charge on any atom is -0.497 e. The summed E-state index contributed by atoms with van der Waals surface area (Å²) in [5.41, 5.74) is 2.24. The number of aromatic nitrogens is 2. The second kappa shape index (κ2) is 6.49. The number of rotatable bonds is 5. The van der Waals surface area contributed by atoms with Crippen LogP contribution in [0.3, 0.4) is 0 Å². The van der Waals surface area contributed by atoms with Gasteiger partial charge in [0.25, 0.3) is 0 Å². The zero-order valence-corrected chi connectivity index (χ0v) is 14.5. The first-order valence-corrected chi connectivity index (χ1v) is 7.52. The molecule has 0 amide bonds. The van der Waals surface area contributed by atoms with E-state index in [9.17, 15) is 0 Å². The predicted molar refractivity (Wildman–Crippen MR) is 92.7 cm³/mol. The number of aromatic amines is 1. The predicted octanol–water partition coefficient (Wildman–Crippen LogP) is 3.92. The van der Waals surface area contributed by atoms with E-state index in [1.165, 1.54) is 0 Å². The highest BCUT2D eigenvalue weighted by molar-refractivity contribution is 6.35. The van der Waals surface area contributed by atoms with Gasteiger partial charge in [-0.1, -0.05) is 11.6 Å². The maximum atomic E-state index is 6.27. The molecule has 0 aliphatic heterocycles. The standard InChI is InChI=1S/C17H17ClN2O4/c1-21-10-7-11(18)15-12(8-10)19-17(20-15)9-5-13(22-2)16(24-4)14(6-9)23-3/h5-8H,1-4H3,(H,19,20). The van der Waals surface area contributed by atoms with Gasteiger partial charge in [-0.05, 0) is 12.1 Å². The molecule has 0 aliphatic rings. The molecule has 2 aromatic carbocycles. The minimum absolute atomic E-state index is 0.513. The van der Waals surface area contributed by atoms with Crippen LogP contribution in [0.4, 0.5) is 0 Å². The lowest BCUT2D eigenvalue weighted by molar-refractivity contribution is 0.324. The number of halogens is 1. The van der Waals surface area contributed by atoms with E-state index in [2.05, 4.69) is 9.97 Å². The van der Waals surface area contributed by atoms with Gasteiger partial charge in [-0.25, -0.2) is 4.98 Å². The molecule has 6 nitrogen and oxygen atoms in total. The zero-order chi connectivity index (χ0) is 17.3. The van der Waals surface area contributed by atoms with Crippen molar-refractivity contribution in [2.24, 2.45) is 0 Å². The molecule has 0 saturated heterocycles. The van der Waals surface area contributed by atoms with Crippen LogP contribution in [0.25, 0.3) is 22.4 Å². The molecule has 1 heterocycles. The van der Waals surface area contributed by atoms with Gasteiger partial charge < -0.3 is 23.9 Å². The Labute approximate surface area is 144 Å². The van der Waals surface area contributed by atoms with Crippen molar-refractivity contribution in [2.45, 2.75) is 0 Å². The number of nitrogens with zero attached hydrogens (tertiary/aromatic N) is 1. The second-order valence-electron chi connectivity index (χ2n) is 5.00. The summed E-state index contributed by atoms with van der Waals surface area (Å²) in [7, 11) is 6.30. The molecule has 3 aromatic rings. The van der Waals surface area contributed by atoms with Crippen LogP contribution < -0.4 is 18.9 Å². The molecule has 0 spiro atoms. The van der Waals surface area contributed by atoms with Crippen molar-refractivity contribution in [2.75, 3.05) is 28.4 Å². The molecular formula is C17H17ClN2O4. The fourth-order valence-electron chi connectivity index (χ4n) is 2.52.